The standard InChI is InChI=1S/C15H15N3O4S/c1-10-15(19)18-13-8-12(2-3-14(13)22-10)23(20,21)17-9-11-4-6-16-7-5-11/h2-8,10,17H,9H2,1H3,(H,18,19)/t10-/m1/s1. The number of amides is 1. The van der Waals surface area contributed by atoms with Gasteiger partial charge in [0.25, 0.3) is 5.91 Å². The smallest absolute Gasteiger partial charge is 0.265 e. The van der Waals surface area contributed by atoms with Crippen LogP contribution in [0.25, 0.3) is 0 Å². The van der Waals surface area contributed by atoms with Gasteiger partial charge in [0, 0.05) is 18.9 Å². The Labute approximate surface area is 133 Å². The van der Waals surface area contributed by atoms with Gasteiger partial charge in [0.05, 0.1) is 10.6 Å². The fourth-order valence-electron chi connectivity index (χ4n) is 2.12. The summed E-state index contributed by atoms with van der Waals surface area (Å²) in [7, 11) is -3.70. The second-order valence-electron chi connectivity index (χ2n) is 5.09. The van der Waals surface area contributed by atoms with Crippen LogP contribution in [0.5, 0.6) is 5.75 Å². The maximum absolute atomic E-state index is 12.4. The molecule has 3 rings (SSSR count). The number of ether oxygens (including phenoxy) is 1. The Kier molecular flexibility index (Phi) is 4.01. The lowest BCUT2D eigenvalue weighted by atomic mass is 10.2. The number of hydrogen-bond acceptors (Lipinski definition) is 5. The Morgan fingerprint density at radius 1 is 1.26 bits per heavy atom. The van der Waals surface area contributed by atoms with Crippen molar-refractivity contribution in [2.75, 3.05) is 5.32 Å². The van der Waals surface area contributed by atoms with E-state index in [9.17, 15) is 13.2 Å². The van der Waals surface area contributed by atoms with Gasteiger partial charge in [0.2, 0.25) is 10.0 Å². The van der Waals surface area contributed by atoms with Crippen LogP contribution >= 0.6 is 0 Å². The van der Waals surface area contributed by atoms with Crippen molar-refractivity contribution in [3.8, 4) is 5.75 Å². The van der Waals surface area contributed by atoms with Crippen LogP contribution in [0.3, 0.4) is 0 Å². The summed E-state index contributed by atoms with van der Waals surface area (Å²) in [4.78, 5) is 15.6. The van der Waals surface area contributed by atoms with Crippen molar-refractivity contribution in [3.63, 3.8) is 0 Å². The normalized spacial score (nSPS) is 17.1. The molecule has 0 aliphatic carbocycles. The summed E-state index contributed by atoms with van der Waals surface area (Å²) in [5.41, 5.74) is 1.15. The van der Waals surface area contributed by atoms with Crippen molar-refractivity contribution in [1.29, 1.82) is 0 Å². The highest BCUT2D eigenvalue weighted by atomic mass is 32.2. The number of carbonyl (C=O) groups excluding carboxylic acids is 1. The molecule has 0 bridgehead atoms. The number of aromatic nitrogens is 1. The van der Waals surface area contributed by atoms with Crippen LogP contribution < -0.4 is 14.8 Å². The number of nitrogens with one attached hydrogen (secondary N) is 2. The summed E-state index contributed by atoms with van der Waals surface area (Å²) < 4.78 is 32.6. The Morgan fingerprint density at radius 3 is 2.74 bits per heavy atom. The molecule has 2 aromatic rings. The quantitative estimate of drug-likeness (QED) is 0.878. The molecule has 0 fully saturated rings. The zero-order valence-electron chi connectivity index (χ0n) is 12.3. The molecule has 8 heteroatoms. The molecule has 1 amide bonds. The fraction of sp³-hybridized carbons (Fsp3) is 0.200. The maximum atomic E-state index is 12.4. The second kappa shape index (κ2) is 5.98. The van der Waals surface area contributed by atoms with Crippen molar-refractivity contribution < 1.29 is 17.9 Å². The van der Waals surface area contributed by atoms with Crippen LogP contribution in [0, 0.1) is 0 Å². The van der Waals surface area contributed by atoms with Gasteiger partial charge in [-0.25, -0.2) is 13.1 Å². The summed E-state index contributed by atoms with van der Waals surface area (Å²) in [6, 6.07) is 7.81. The number of hydrogen-bond donors (Lipinski definition) is 2. The molecule has 0 saturated carbocycles. The van der Waals surface area contributed by atoms with Gasteiger partial charge in [-0.3, -0.25) is 9.78 Å². The minimum absolute atomic E-state index is 0.0590. The summed E-state index contributed by atoms with van der Waals surface area (Å²) in [6.45, 7) is 1.78. The summed E-state index contributed by atoms with van der Waals surface area (Å²) in [6.07, 6.45) is 2.59. The van der Waals surface area contributed by atoms with E-state index in [0.717, 1.165) is 5.56 Å². The zero-order valence-corrected chi connectivity index (χ0v) is 13.1. The molecule has 1 aromatic heterocycles. The molecule has 1 aliphatic heterocycles. The first-order valence-electron chi connectivity index (χ1n) is 6.96. The van der Waals surface area contributed by atoms with E-state index >= 15 is 0 Å². The molecule has 2 heterocycles. The van der Waals surface area contributed by atoms with Crippen LogP contribution in [-0.2, 0) is 21.4 Å². The van der Waals surface area contributed by atoms with E-state index in [1.807, 2.05) is 0 Å². The van der Waals surface area contributed by atoms with Crippen molar-refractivity contribution in [1.82, 2.24) is 9.71 Å². The lowest BCUT2D eigenvalue weighted by Gasteiger charge is -2.23. The SMILES string of the molecule is C[C@H]1Oc2ccc(S(=O)(=O)NCc3ccncc3)cc2NC1=O. The van der Waals surface area contributed by atoms with Gasteiger partial charge < -0.3 is 10.1 Å². The number of benzene rings is 1. The average Bonchev–Trinajstić information content (AvgIpc) is 2.55. The molecular weight excluding hydrogens is 318 g/mol. The van der Waals surface area contributed by atoms with Gasteiger partial charge in [0.15, 0.2) is 6.10 Å². The Balaban J connectivity index is 1.81. The number of fused-ring (bicyclic) bond motifs is 1. The van der Waals surface area contributed by atoms with Gasteiger partial charge in [-0.15, -0.1) is 0 Å². The summed E-state index contributed by atoms with van der Waals surface area (Å²) in [5, 5.41) is 2.63. The van der Waals surface area contributed by atoms with E-state index in [4.69, 9.17) is 4.74 Å². The number of nitrogens with zero attached hydrogens (tertiary/aromatic N) is 1. The molecule has 23 heavy (non-hydrogen) atoms. The van der Waals surface area contributed by atoms with Gasteiger partial charge in [-0.1, -0.05) is 0 Å². The first kappa shape index (κ1) is 15.4. The van der Waals surface area contributed by atoms with E-state index in [-0.39, 0.29) is 17.3 Å². The van der Waals surface area contributed by atoms with Crippen LogP contribution in [0.15, 0.2) is 47.6 Å². The second-order valence-corrected chi connectivity index (χ2v) is 6.85. The first-order chi connectivity index (χ1) is 11.0. The molecule has 0 saturated heterocycles. The van der Waals surface area contributed by atoms with Crippen LogP contribution in [0.4, 0.5) is 5.69 Å². The minimum Gasteiger partial charge on any atom is -0.479 e. The fourth-order valence-corrected chi connectivity index (χ4v) is 3.16. The molecule has 0 spiro atoms. The first-order valence-corrected chi connectivity index (χ1v) is 8.44. The monoisotopic (exact) mass is 333 g/mol. The number of anilines is 1. The number of sulfonamides is 1. The molecule has 2 N–H and O–H groups in total. The highest BCUT2D eigenvalue weighted by Crippen LogP contribution is 2.31. The van der Waals surface area contributed by atoms with Crippen molar-refractivity contribution >= 4 is 21.6 Å². The minimum atomic E-state index is -3.70. The topological polar surface area (TPSA) is 97.4 Å². The van der Waals surface area contributed by atoms with Gasteiger partial charge in [0.1, 0.15) is 5.75 Å². The van der Waals surface area contributed by atoms with Gasteiger partial charge >= 0.3 is 0 Å². The largest absolute Gasteiger partial charge is 0.479 e. The van der Waals surface area contributed by atoms with E-state index < -0.39 is 16.1 Å². The number of rotatable bonds is 4. The van der Waals surface area contributed by atoms with Crippen molar-refractivity contribution in [3.05, 3.63) is 48.3 Å². The third-order valence-electron chi connectivity index (χ3n) is 3.41. The third-order valence-corrected chi connectivity index (χ3v) is 4.81. The van der Waals surface area contributed by atoms with Gasteiger partial charge in [-0.05, 0) is 42.8 Å². The van der Waals surface area contributed by atoms with E-state index in [1.165, 1.54) is 18.2 Å². The Bertz CT molecular complexity index is 837. The van der Waals surface area contributed by atoms with Gasteiger partial charge in [-0.2, -0.15) is 0 Å². The molecule has 1 aliphatic rings. The maximum Gasteiger partial charge on any atom is 0.265 e. The van der Waals surface area contributed by atoms with E-state index in [2.05, 4.69) is 15.0 Å². The average molecular weight is 333 g/mol. The predicted molar refractivity (Wildman–Crippen MR) is 83.4 cm³/mol. The molecule has 0 radical (unpaired) electrons. The van der Waals surface area contributed by atoms with Crippen LogP contribution in [-0.4, -0.2) is 25.4 Å². The molecular formula is C15H15N3O4S. The molecule has 0 unspecified atom stereocenters. The molecule has 120 valence electrons. The number of carbonyl (C=O) groups is 1. The highest BCUT2D eigenvalue weighted by Gasteiger charge is 2.25. The summed E-state index contributed by atoms with van der Waals surface area (Å²) in [5.74, 6) is 0.141. The lowest BCUT2D eigenvalue weighted by molar-refractivity contribution is -0.122. The molecule has 7 nitrogen and oxygen atoms in total. The van der Waals surface area contributed by atoms with E-state index in [0.29, 0.717) is 11.4 Å². The van der Waals surface area contributed by atoms with E-state index in [1.54, 1.807) is 31.5 Å². The van der Waals surface area contributed by atoms with Crippen LogP contribution in [0.1, 0.15) is 12.5 Å². The van der Waals surface area contributed by atoms with Crippen molar-refractivity contribution in [2.45, 2.75) is 24.5 Å². The molecule has 1 atom stereocenters. The summed E-state index contributed by atoms with van der Waals surface area (Å²) >= 11 is 0. The predicted octanol–water partition coefficient (Wildman–Crippen LogP) is 1.28. The Morgan fingerprint density at radius 2 is 2.00 bits per heavy atom. The van der Waals surface area contributed by atoms with Crippen molar-refractivity contribution in [2.24, 2.45) is 0 Å². The lowest BCUT2D eigenvalue weighted by Crippen LogP contribution is -2.34. The third kappa shape index (κ3) is 3.33. The zero-order chi connectivity index (χ0) is 16.4. The molecule has 1 aromatic carbocycles. The highest BCUT2D eigenvalue weighted by molar-refractivity contribution is 7.89. The number of pyridine rings is 1. The van der Waals surface area contributed by atoms with Crippen LogP contribution in [0.2, 0.25) is 0 Å². The Hall–Kier alpha value is -2.45.